The van der Waals surface area contributed by atoms with E-state index in [1.807, 2.05) is 25.1 Å². The maximum absolute atomic E-state index is 13.2. The van der Waals surface area contributed by atoms with Crippen LogP contribution in [-0.2, 0) is 12.7 Å². The minimum atomic E-state index is -4.53. The van der Waals surface area contributed by atoms with Crippen LogP contribution in [0.3, 0.4) is 0 Å². The number of benzene rings is 1. The number of para-hydroxylation sites is 1. The number of aromatic nitrogens is 1. The van der Waals surface area contributed by atoms with Crippen LogP contribution in [0.2, 0.25) is 0 Å². The highest BCUT2D eigenvalue weighted by atomic mass is 32.1. The molecule has 3 heterocycles. The SMILES string of the molecule is CCN(Cc1cccc2c1OCCO2)C(=O)c1sc2nc(C(F)(F)F)ccc2c1C. The van der Waals surface area contributed by atoms with Gasteiger partial charge in [-0.05, 0) is 37.6 Å². The van der Waals surface area contributed by atoms with E-state index in [-0.39, 0.29) is 10.7 Å². The molecular weight excluding hydrogens is 417 g/mol. The Hall–Kier alpha value is -2.81. The third kappa shape index (κ3) is 3.69. The maximum Gasteiger partial charge on any atom is 0.433 e. The van der Waals surface area contributed by atoms with Crippen LogP contribution >= 0.6 is 11.3 Å². The number of ether oxygens (including phenoxy) is 2. The quantitative estimate of drug-likeness (QED) is 0.574. The zero-order valence-corrected chi connectivity index (χ0v) is 17.2. The van der Waals surface area contributed by atoms with Gasteiger partial charge in [-0.3, -0.25) is 4.79 Å². The van der Waals surface area contributed by atoms with E-state index in [1.165, 1.54) is 6.07 Å². The second kappa shape index (κ2) is 7.79. The normalized spacial score (nSPS) is 13.5. The van der Waals surface area contributed by atoms with E-state index in [0.29, 0.717) is 53.6 Å². The van der Waals surface area contributed by atoms with Gasteiger partial charge in [0.05, 0.1) is 4.88 Å². The predicted molar refractivity (Wildman–Crippen MR) is 107 cm³/mol. The van der Waals surface area contributed by atoms with Gasteiger partial charge in [-0.15, -0.1) is 11.3 Å². The maximum atomic E-state index is 13.2. The number of hydrogen-bond acceptors (Lipinski definition) is 5. The summed E-state index contributed by atoms with van der Waals surface area (Å²) in [5.41, 5.74) is 0.489. The molecule has 0 N–H and O–H groups in total. The number of pyridine rings is 1. The number of carbonyl (C=O) groups excluding carboxylic acids is 1. The molecule has 0 saturated heterocycles. The largest absolute Gasteiger partial charge is 0.486 e. The van der Waals surface area contributed by atoms with Crippen molar-refractivity contribution >= 4 is 27.5 Å². The van der Waals surface area contributed by atoms with Crippen molar-refractivity contribution in [3.05, 3.63) is 52.0 Å². The van der Waals surface area contributed by atoms with Crippen LogP contribution in [0.4, 0.5) is 13.2 Å². The standard InChI is InChI=1S/C21H19F3N2O3S/c1-3-26(11-13-5-4-6-15-17(13)29-10-9-28-15)20(27)18-12(2)14-7-8-16(21(22,23)24)25-19(14)30-18/h4-8H,3,9-11H2,1-2H3. The summed E-state index contributed by atoms with van der Waals surface area (Å²) in [6.07, 6.45) is -4.53. The molecule has 4 rings (SSSR count). The van der Waals surface area contributed by atoms with Gasteiger partial charge in [0.2, 0.25) is 0 Å². The summed E-state index contributed by atoms with van der Waals surface area (Å²) in [4.78, 5) is 19.2. The number of carbonyl (C=O) groups is 1. The Morgan fingerprint density at radius 2 is 1.97 bits per heavy atom. The average molecular weight is 436 g/mol. The monoisotopic (exact) mass is 436 g/mol. The summed E-state index contributed by atoms with van der Waals surface area (Å²) >= 11 is 0.987. The second-order valence-corrected chi connectivity index (χ2v) is 7.86. The third-order valence-electron chi connectivity index (χ3n) is 4.97. The van der Waals surface area contributed by atoms with Crippen molar-refractivity contribution in [3.8, 4) is 11.5 Å². The molecule has 158 valence electrons. The fourth-order valence-corrected chi connectivity index (χ4v) is 4.54. The van der Waals surface area contributed by atoms with Crippen molar-refractivity contribution in [1.82, 2.24) is 9.88 Å². The zero-order chi connectivity index (χ0) is 21.5. The number of nitrogens with zero attached hydrogens (tertiary/aromatic N) is 2. The zero-order valence-electron chi connectivity index (χ0n) is 16.4. The Morgan fingerprint density at radius 3 is 2.70 bits per heavy atom. The van der Waals surface area contributed by atoms with Gasteiger partial charge >= 0.3 is 6.18 Å². The number of amides is 1. The first kappa shape index (κ1) is 20.5. The van der Waals surface area contributed by atoms with Gasteiger partial charge in [0.15, 0.2) is 11.5 Å². The average Bonchev–Trinajstić information content (AvgIpc) is 3.07. The van der Waals surface area contributed by atoms with E-state index in [2.05, 4.69) is 4.98 Å². The Bertz CT molecular complexity index is 1110. The van der Waals surface area contributed by atoms with E-state index in [0.717, 1.165) is 23.0 Å². The highest BCUT2D eigenvalue weighted by Crippen LogP contribution is 2.37. The molecule has 0 aliphatic carbocycles. The number of aryl methyl sites for hydroxylation is 1. The van der Waals surface area contributed by atoms with Crippen LogP contribution in [0.25, 0.3) is 10.2 Å². The second-order valence-electron chi connectivity index (χ2n) is 6.86. The molecule has 1 aromatic carbocycles. The minimum absolute atomic E-state index is 0.204. The molecule has 0 fully saturated rings. The van der Waals surface area contributed by atoms with Crippen LogP contribution in [-0.4, -0.2) is 35.5 Å². The molecule has 0 radical (unpaired) electrons. The molecule has 1 aliphatic heterocycles. The van der Waals surface area contributed by atoms with E-state index >= 15 is 0 Å². The lowest BCUT2D eigenvalue weighted by Gasteiger charge is -2.25. The van der Waals surface area contributed by atoms with E-state index < -0.39 is 11.9 Å². The lowest BCUT2D eigenvalue weighted by atomic mass is 10.1. The first-order valence-electron chi connectivity index (χ1n) is 9.43. The van der Waals surface area contributed by atoms with Crippen molar-refractivity contribution < 1.29 is 27.4 Å². The number of halogens is 3. The molecule has 3 aromatic rings. The van der Waals surface area contributed by atoms with E-state index in [1.54, 1.807) is 11.8 Å². The Labute approximate surface area is 175 Å². The van der Waals surface area contributed by atoms with Crippen molar-refractivity contribution in [3.63, 3.8) is 0 Å². The van der Waals surface area contributed by atoms with Crippen LogP contribution < -0.4 is 9.47 Å². The van der Waals surface area contributed by atoms with Gasteiger partial charge in [0.25, 0.3) is 5.91 Å². The Morgan fingerprint density at radius 1 is 1.20 bits per heavy atom. The Kier molecular flexibility index (Phi) is 5.31. The molecule has 5 nitrogen and oxygen atoms in total. The van der Waals surface area contributed by atoms with Crippen molar-refractivity contribution in [2.45, 2.75) is 26.6 Å². The molecule has 0 bridgehead atoms. The van der Waals surface area contributed by atoms with Gasteiger partial charge in [0, 0.05) is 24.0 Å². The summed E-state index contributed by atoms with van der Waals surface area (Å²) in [5.74, 6) is 1.02. The number of thiophene rings is 1. The highest BCUT2D eigenvalue weighted by molar-refractivity contribution is 7.20. The molecular formula is C21H19F3N2O3S. The molecule has 0 atom stereocenters. The fourth-order valence-electron chi connectivity index (χ4n) is 3.40. The van der Waals surface area contributed by atoms with Gasteiger partial charge in [-0.2, -0.15) is 13.2 Å². The van der Waals surface area contributed by atoms with Gasteiger partial charge in [0.1, 0.15) is 23.7 Å². The van der Waals surface area contributed by atoms with Crippen LogP contribution in [0, 0.1) is 6.92 Å². The van der Waals surface area contributed by atoms with E-state index in [9.17, 15) is 18.0 Å². The van der Waals surface area contributed by atoms with Crippen LogP contribution in [0.5, 0.6) is 11.5 Å². The van der Waals surface area contributed by atoms with Crippen molar-refractivity contribution in [1.29, 1.82) is 0 Å². The van der Waals surface area contributed by atoms with E-state index in [4.69, 9.17) is 9.47 Å². The number of hydrogen-bond donors (Lipinski definition) is 0. The number of alkyl halides is 3. The summed E-state index contributed by atoms with van der Waals surface area (Å²) in [7, 11) is 0. The topological polar surface area (TPSA) is 51.7 Å². The number of rotatable bonds is 4. The lowest BCUT2D eigenvalue weighted by Crippen LogP contribution is -2.30. The minimum Gasteiger partial charge on any atom is -0.486 e. The number of fused-ring (bicyclic) bond motifs is 2. The van der Waals surface area contributed by atoms with Gasteiger partial charge in [-0.1, -0.05) is 12.1 Å². The Balaban J connectivity index is 1.66. The summed E-state index contributed by atoms with van der Waals surface area (Å²) in [5, 5.41) is 0.557. The molecule has 1 aliphatic rings. The first-order chi connectivity index (χ1) is 14.3. The fraction of sp³-hybridized carbons (Fsp3) is 0.333. The van der Waals surface area contributed by atoms with Gasteiger partial charge < -0.3 is 14.4 Å². The van der Waals surface area contributed by atoms with Crippen LogP contribution in [0.15, 0.2) is 30.3 Å². The lowest BCUT2D eigenvalue weighted by molar-refractivity contribution is -0.140. The van der Waals surface area contributed by atoms with Gasteiger partial charge in [-0.25, -0.2) is 4.98 Å². The van der Waals surface area contributed by atoms with Crippen molar-refractivity contribution in [2.75, 3.05) is 19.8 Å². The molecule has 1 amide bonds. The first-order valence-corrected chi connectivity index (χ1v) is 10.3. The van der Waals surface area contributed by atoms with Crippen molar-refractivity contribution in [2.24, 2.45) is 0 Å². The molecule has 0 unspecified atom stereocenters. The summed E-state index contributed by atoms with van der Waals surface area (Å²) in [6.45, 7) is 5.23. The van der Waals surface area contributed by atoms with Crippen LogP contribution in [0.1, 0.15) is 33.4 Å². The molecule has 0 saturated carbocycles. The molecule has 9 heteroatoms. The summed E-state index contributed by atoms with van der Waals surface area (Å²) in [6, 6.07) is 7.85. The predicted octanol–water partition coefficient (Wildman–Crippen LogP) is 5.06. The third-order valence-corrected chi connectivity index (χ3v) is 6.16. The summed E-state index contributed by atoms with van der Waals surface area (Å²) < 4.78 is 50.3. The molecule has 0 spiro atoms. The highest BCUT2D eigenvalue weighted by Gasteiger charge is 2.33. The smallest absolute Gasteiger partial charge is 0.433 e. The molecule has 30 heavy (non-hydrogen) atoms. The molecule has 2 aromatic heterocycles.